The van der Waals surface area contributed by atoms with Crippen LogP contribution in [0.4, 0.5) is 36.7 Å². The summed E-state index contributed by atoms with van der Waals surface area (Å²) in [6.07, 6.45) is 0.404. The molecule has 3 aromatic carbocycles. The SMILES string of the molecule is COc1ccc(NC(=O)NCCCN(C(=O)Nc2ccc([N+](=O)[O-])cc2)c2ccc(F)cc2)cc1. The fraction of sp³-hybridized carbons (Fsp3) is 0.167. The summed E-state index contributed by atoms with van der Waals surface area (Å²) in [5, 5.41) is 18.9. The lowest BCUT2D eigenvalue weighted by atomic mass is 10.2. The molecular weight excluding hydrogens is 457 g/mol. The molecule has 11 heteroatoms. The van der Waals surface area contributed by atoms with Crippen molar-refractivity contribution in [3.05, 3.63) is 88.7 Å². The highest BCUT2D eigenvalue weighted by molar-refractivity contribution is 6.01. The Morgan fingerprint density at radius 2 is 1.54 bits per heavy atom. The molecule has 0 aliphatic heterocycles. The van der Waals surface area contributed by atoms with E-state index >= 15 is 0 Å². The largest absolute Gasteiger partial charge is 0.497 e. The summed E-state index contributed by atoms with van der Waals surface area (Å²) in [5.74, 6) is 0.227. The average Bonchev–Trinajstić information content (AvgIpc) is 2.85. The molecule has 3 N–H and O–H groups in total. The number of non-ortho nitro benzene ring substituents is 1. The van der Waals surface area contributed by atoms with Crippen LogP contribution in [0, 0.1) is 15.9 Å². The van der Waals surface area contributed by atoms with Gasteiger partial charge in [0.05, 0.1) is 12.0 Å². The molecular formula is C24H24FN5O5. The summed E-state index contributed by atoms with van der Waals surface area (Å²) >= 11 is 0. The number of amides is 4. The lowest BCUT2D eigenvalue weighted by Crippen LogP contribution is -2.38. The van der Waals surface area contributed by atoms with E-state index in [4.69, 9.17) is 4.74 Å². The van der Waals surface area contributed by atoms with E-state index in [0.29, 0.717) is 29.2 Å². The second kappa shape index (κ2) is 12.0. The van der Waals surface area contributed by atoms with E-state index in [1.54, 1.807) is 31.4 Å². The van der Waals surface area contributed by atoms with Crippen molar-refractivity contribution in [3.63, 3.8) is 0 Å². The Morgan fingerprint density at radius 1 is 0.943 bits per heavy atom. The Kier molecular flexibility index (Phi) is 8.54. The van der Waals surface area contributed by atoms with Gasteiger partial charge in [-0.15, -0.1) is 0 Å². The number of hydrogen-bond donors (Lipinski definition) is 3. The van der Waals surface area contributed by atoms with E-state index in [1.807, 2.05) is 0 Å². The van der Waals surface area contributed by atoms with Gasteiger partial charge in [-0.2, -0.15) is 0 Å². The minimum absolute atomic E-state index is 0.0996. The number of methoxy groups -OCH3 is 1. The molecule has 0 spiro atoms. The predicted molar refractivity (Wildman–Crippen MR) is 130 cm³/mol. The van der Waals surface area contributed by atoms with Crippen LogP contribution < -0.4 is 25.6 Å². The normalized spacial score (nSPS) is 10.2. The van der Waals surface area contributed by atoms with Crippen molar-refractivity contribution in [2.24, 2.45) is 0 Å². The number of carbonyl (C=O) groups is 2. The number of hydrogen-bond acceptors (Lipinski definition) is 5. The maximum atomic E-state index is 13.4. The van der Waals surface area contributed by atoms with Crippen molar-refractivity contribution < 1.29 is 23.6 Å². The molecule has 0 saturated carbocycles. The summed E-state index contributed by atoms with van der Waals surface area (Å²) in [6.45, 7) is 0.484. The van der Waals surface area contributed by atoms with Crippen molar-refractivity contribution in [1.29, 1.82) is 0 Å². The van der Waals surface area contributed by atoms with Crippen molar-refractivity contribution in [2.45, 2.75) is 6.42 Å². The fourth-order valence-corrected chi connectivity index (χ4v) is 3.12. The van der Waals surface area contributed by atoms with E-state index in [9.17, 15) is 24.1 Å². The molecule has 0 saturated heterocycles. The maximum absolute atomic E-state index is 13.4. The minimum Gasteiger partial charge on any atom is -0.497 e. The fourth-order valence-electron chi connectivity index (χ4n) is 3.12. The van der Waals surface area contributed by atoms with Gasteiger partial charge >= 0.3 is 12.1 Å². The number of nitro benzene ring substituents is 1. The smallest absolute Gasteiger partial charge is 0.326 e. The number of rotatable bonds is 9. The number of anilines is 3. The third kappa shape index (κ3) is 7.42. The first-order chi connectivity index (χ1) is 16.9. The Hall–Kier alpha value is -4.67. The third-order valence-electron chi connectivity index (χ3n) is 4.90. The molecule has 0 fully saturated rings. The van der Waals surface area contributed by atoms with Gasteiger partial charge in [0.25, 0.3) is 5.69 Å². The highest BCUT2D eigenvalue weighted by atomic mass is 19.1. The van der Waals surface area contributed by atoms with E-state index in [0.717, 1.165) is 0 Å². The van der Waals surface area contributed by atoms with E-state index in [-0.39, 0.29) is 18.8 Å². The Balaban J connectivity index is 1.57. The number of nitrogens with zero attached hydrogens (tertiary/aromatic N) is 2. The molecule has 4 amide bonds. The van der Waals surface area contributed by atoms with E-state index in [2.05, 4.69) is 16.0 Å². The lowest BCUT2D eigenvalue weighted by molar-refractivity contribution is -0.384. The van der Waals surface area contributed by atoms with Crippen LogP contribution in [0.25, 0.3) is 0 Å². The third-order valence-corrected chi connectivity index (χ3v) is 4.90. The van der Waals surface area contributed by atoms with Crippen LogP contribution in [0.2, 0.25) is 0 Å². The lowest BCUT2D eigenvalue weighted by Gasteiger charge is -2.23. The van der Waals surface area contributed by atoms with Crippen molar-refractivity contribution >= 4 is 34.8 Å². The molecule has 0 heterocycles. The quantitative estimate of drug-likeness (QED) is 0.225. The Bertz CT molecular complexity index is 1150. The summed E-state index contributed by atoms with van der Waals surface area (Å²) in [4.78, 5) is 36.7. The molecule has 0 atom stereocenters. The summed E-state index contributed by atoms with van der Waals surface area (Å²) < 4.78 is 18.5. The van der Waals surface area contributed by atoms with Gasteiger partial charge in [-0.25, -0.2) is 14.0 Å². The number of ether oxygens (including phenoxy) is 1. The van der Waals surface area contributed by atoms with E-state index in [1.165, 1.54) is 53.4 Å². The number of urea groups is 2. The second-order valence-corrected chi connectivity index (χ2v) is 7.33. The first kappa shape index (κ1) is 25.0. The van der Waals surface area contributed by atoms with Crippen LogP contribution >= 0.6 is 0 Å². The molecule has 10 nitrogen and oxygen atoms in total. The zero-order valence-corrected chi connectivity index (χ0v) is 18.9. The molecule has 0 bridgehead atoms. The predicted octanol–water partition coefficient (Wildman–Crippen LogP) is 4.99. The van der Waals surface area contributed by atoms with Crippen LogP contribution in [0.15, 0.2) is 72.8 Å². The molecule has 35 heavy (non-hydrogen) atoms. The second-order valence-electron chi connectivity index (χ2n) is 7.33. The zero-order chi connectivity index (χ0) is 25.2. The Labute approximate surface area is 200 Å². The Morgan fingerprint density at radius 3 is 2.14 bits per heavy atom. The molecule has 0 radical (unpaired) electrons. The van der Waals surface area contributed by atoms with Gasteiger partial charge in [0.15, 0.2) is 0 Å². The number of nitro groups is 1. The topological polar surface area (TPSA) is 126 Å². The first-order valence-corrected chi connectivity index (χ1v) is 10.6. The van der Waals surface area contributed by atoms with Gasteiger partial charge in [0.2, 0.25) is 0 Å². The van der Waals surface area contributed by atoms with Gasteiger partial charge in [0.1, 0.15) is 11.6 Å². The summed E-state index contributed by atoms with van der Waals surface area (Å²) in [6, 6.07) is 16.8. The molecule has 0 unspecified atom stereocenters. The standard InChI is InChI=1S/C24H24FN5O5/c1-35-22-13-7-18(8-14-22)27-23(31)26-15-2-16-29(20-9-3-17(25)4-10-20)24(32)28-19-5-11-21(12-6-19)30(33)34/h3-14H,2,15-16H2,1H3,(H,28,32)(H2,26,27,31). The molecule has 0 aliphatic carbocycles. The molecule has 0 aromatic heterocycles. The van der Waals surface area contributed by atoms with Crippen molar-refractivity contribution in [3.8, 4) is 5.75 Å². The number of nitrogens with one attached hydrogen (secondary N) is 3. The number of benzene rings is 3. The molecule has 182 valence electrons. The van der Waals surface area contributed by atoms with Crippen molar-refractivity contribution in [1.82, 2.24) is 5.32 Å². The summed E-state index contributed by atoms with van der Waals surface area (Å²) in [7, 11) is 1.55. The highest BCUT2D eigenvalue weighted by Gasteiger charge is 2.17. The van der Waals surface area contributed by atoms with Gasteiger partial charge in [0, 0.05) is 42.3 Å². The minimum atomic E-state index is -0.534. The molecule has 0 aliphatic rings. The van der Waals surface area contributed by atoms with Crippen LogP contribution in [0.5, 0.6) is 5.75 Å². The number of halogens is 1. The van der Waals surface area contributed by atoms with E-state index < -0.39 is 22.8 Å². The van der Waals surface area contributed by atoms with Crippen LogP contribution in [0.1, 0.15) is 6.42 Å². The number of carbonyl (C=O) groups excluding carboxylic acids is 2. The monoisotopic (exact) mass is 481 g/mol. The van der Waals surface area contributed by atoms with Gasteiger partial charge in [-0.05, 0) is 67.1 Å². The highest BCUT2D eigenvalue weighted by Crippen LogP contribution is 2.20. The van der Waals surface area contributed by atoms with Gasteiger partial charge in [-0.1, -0.05) is 0 Å². The average molecular weight is 481 g/mol. The van der Waals surface area contributed by atoms with Crippen molar-refractivity contribution in [2.75, 3.05) is 35.7 Å². The summed E-state index contributed by atoms with van der Waals surface area (Å²) in [5.41, 5.74) is 1.31. The zero-order valence-electron chi connectivity index (χ0n) is 18.9. The van der Waals surface area contributed by atoms with Crippen LogP contribution in [-0.4, -0.2) is 37.2 Å². The molecule has 3 aromatic rings. The first-order valence-electron chi connectivity index (χ1n) is 10.6. The van der Waals surface area contributed by atoms with Gasteiger partial charge < -0.3 is 20.7 Å². The molecule has 3 rings (SSSR count). The van der Waals surface area contributed by atoms with Crippen LogP contribution in [0.3, 0.4) is 0 Å². The van der Waals surface area contributed by atoms with Crippen LogP contribution in [-0.2, 0) is 0 Å². The maximum Gasteiger partial charge on any atom is 0.326 e. The van der Waals surface area contributed by atoms with Gasteiger partial charge in [-0.3, -0.25) is 15.0 Å².